The van der Waals surface area contributed by atoms with Crippen molar-refractivity contribution in [3.05, 3.63) is 88.4 Å². The van der Waals surface area contributed by atoms with Crippen molar-refractivity contribution in [2.45, 2.75) is 45.8 Å². The van der Waals surface area contributed by atoms with Crippen molar-refractivity contribution in [2.24, 2.45) is 5.92 Å². The van der Waals surface area contributed by atoms with Crippen LogP contribution in [0.5, 0.6) is 5.75 Å². The van der Waals surface area contributed by atoms with Gasteiger partial charge in [-0.15, -0.1) is 0 Å². The molecule has 2 aromatic carbocycles. The summed E-state index contributed by atoms with van der Waals surface area (Å²) in [5, 5.41) is 2.73. The lowest BCUT2D eigenvalue weighted by Crippen LogP contribution is -2.41. The van der Waals surface area contributed by atoms with E-state index in [9.17, 15) is 9.59 Å². The summed E-state index contributed by atoms with van der Waals surface area (Å²) in [6, 6.07) is 17.9. The quantitative estimate of drug-likeness (QED) is 0.552. The molecule has 1 aliphatic carbocycles. The Morgan fingerprint density at radius 2 is 1.88 bits per heavy atom. The minimum absolute atomic E-state index is 0.117. The topological polar surface area (TPSA) is 71.8 Å². The maximum atomic E-state index is 13.2. The number of hydrogen-bond acceptors (Lipinski definition) is 4. The molecule has 0 bridgehead atoms. The molecule has 1 saturated carbocycles. The first kappa shape index (κ1) is 22.3. The molecule has 1 atom stereocenters. The number of rotatable bonds is 7. The molecule has 2 aliphatic rings. The third-order valence-corrected chi connectivity index (χ3v) is 6.55. The van der Waals surface area contributed by atoms with Gasteiger partial charge in [0.2, 0.25) is 5.91 Å². The number of furan rings is 1. The first-order chi connectivity index (χ1) is 16.5. The Kier molecular flexibility index (Phi) is 6.14. The van der Waals surface area contributed by atoms with Crippen molar-refractivity contribution >= 4 is 11.8 Å². The van der Waals surface area contributed by atoms with Crippen molar-refractivity contribution in [3.8, 4) is 5.75 Å². The molecule has 0 saturated heterocycles. The van der Waals surface area contributed by atoms with Crippen LogP contribution in [-0.2, 0) is 17.8 Å². The summed E-state index contributed by atoms with van der Waals surface area (Å²) < 4.78 is 11.7. The van der Waals surface area contributed by atoms with Gasteiger partial charge in [0.05, 0.1) is 6.04 Å². The lowest BCUT2D eigenvalue weighted by atomic mass is 9.87. The van der Waals surface area contributed by atoms with Gasteiger partial charge in [0.1, 0.15) is 18.1 Å². The maximum Gasteiger partial charge on any atom is 0.286 e. The smallest absolute Gasteiger partial charge is 0.286 e. The van der Waals surface area contributed by atoms with E-state index in [0.717, 1.165) is 36.9 Å². The van der Waals surface area contributed by atoms with Gasteiger partial charge in [-0.3, -0.25) is 9.59 Å². The second-order valence-electron chi connectivity index (χ2n) is 9.14. The molecule has 0 spiro atoms. The number of amides is 2. The van der Waals surface area contributed by atoms with Gasteiger partial charge in [-0.05, 0) is 74.1 Å². The molecule has 1 aliphatic heterocycles. The Labute approximate surface area is 199 Å². The van der Waals surface area contributed by atoms with Crippen LogP contribution >= 0.6 is 0 Å². The van der Waals surface area contributed by atoms with Gasteiger partial charge in [0, 0.05) is 19.0 Å². The fourth-order valence-corrected chi connectivity index (χ4v) is 4.57. The summed E-state index contributed by atoms with van der Waals surface area (Å²) in [6.45, 7) is 5.44. The number of aryl methyl sites for hydroxylation is 1. The molecule has 0 radical (unpaired) electrons. The predicted octanol–water partition coefficient (Wildman–Crippen LogP) is 4.80. The highest BCUT2D eigenvalue weighted by Crippen LogP contribution is 2.41. The third kappa shape index (κ3) is 4.58. The van der Waals surface area contributed by atoms with E-state index in [4.69, 9.17) is 9.15 Å². The summed E-state index contributed by atoms with van der Waals surface area (Å²) in [5.41, 5.74) is 4.68. The summed E-state index contributed by atoms with van der Waals surface area (Å²) in [5.74, 6) is 1.78. The average molecular weight is 459 g/mol. The van der Waals surface area contributed by atoms with Crippen molar-refractivity contribution in [2.75, 3.05) is 13.1 Å². The van der Waals surface area contributed by atoms with E-state index >= 15 is 0 Å². The van der Waals surface area contributed by atoms with Crippen LogP contribution in [-0.4, -0.2) is 29.8 Å². The van der Waals surface area contributed by atoms with Crippen LogP contribution in [0.25, 0.3) is 0 Å². The minimum atomic E-state index is -0.233. The molecule has 1 N–H and O–H groups in total. The van der Waals surface area contributed by atoms with Crippen LogP contribution in [0.15, 0.2) is 59.0 Å². The molecular weight excluding hydrogens is 428 g/mol. The van der Waals surface area contributed by atoms with Crippen LogP contribution in [0.3, 0.4) is 0 Å². The molecule has 2 amide bonds. The van der Waals surface area contributed by atoms with E-state index in [1.165, 1.54) is 11.1 Å². The van der Waals surface area contributed by atoms with Crippen LogP contribution in [0, 0.1) is 12.8 Å². The Hall–Kier alpha value is -3.54. The molecule has 5 rings (SSSR count). The van der Waals surface area contributed by atoms with Crippen molar-refractivity contribution in [3.63, 3.8) is 0 Å². The summed E-state index contributed by atoms with van der Waals surface area (Å²) in [6.07, 6.45) is 2.82. The van der Waals surface area contributed by atoms with Crippen molar-refractivity contribution in [1.82, 2.24) is 10.2 Å². The second-order valence-corrected chi connectivity index (χ2v) is 9.14. The molecular formula is C28H30N2O4. The van der Waals surface area contributed by atoms with Crippen molar-refractivity contribution < 1.29 is 18.7 Å². The Bertz CT molecular complexity index is 1190. The lowest BCUT2D eigenvalue weighted by molar-refractivity contribution is -0.134. The summed E-state index contributed by atoms with van der Waals surface area (Å²) >= 11 is 0. The zero-order chi connectivity index (χ0) is 23.7. The van der Waals surface area contributed by atoms with E-state index in [1.807, 2.05) is 13.0 Å². The number of carbonyl (C=O) groups excluding carboxylic acids is 2. The number of fused-ring (bicyclic) bond motifs is 1. The summed E-state index contributed by atoms with van der Waals surface area (Å²) in [7, 11) is 0. The molecule has 1 aromatic heterocycles. The third-order valence-electron chi connectivity index (χ3n) is 6.55. The largest absolute Gasteiger partial charge is 0.486 e. The van der Waals surface area contributed by atoms with E-state index < -0.39 is 0 Å². The maximum absolute atomic E-state index is 13.2. The fourth-order valence-electron chi connectivity index (χ4n) is 4.57. The first-order valence-corrected chi connectivity index (χ1v) is 12.0. The number of nitrogens with one attached hydrogen (secondary N) is 1. The number of nitrogens with zero attached hydrogens (tertiary/aromatic N) is 1. The normalized spacial score (nSPS) is 17.2. The Morgan fingerprint density at radius 1 is 1.09 bits per heavy atom. The zero-order valence-electron chi connectivity index (χ0n) is 19.7. The van der Waals surface area contributed by atoms with Gasteiger partial charge >= 0.3 is 0 Å². The van der Waals surface area contributed by atoms with Gasteiger partial charge in [-0.2, -0.15) is 0 Å². The zero-order valence-corrected chi connectivity index (χ0v) is 19.7. The SMILES string of the molecule is CCNC(=O)c1ccc(COc2ccc3c(c2)C(c2ccc(C)cc2)N(C(=O)C2CC2)CC3)o1. The number of benzene rings is 2. The second kappa shape index (κ2) is 9.37. The molecule has 34 heavy (non-hydrogen) atoms. The molecule has 176 valence electrons. The van der Waals surface area contributed by atoms with Gasteiger partial charge in [-0.1, -0.05) is 35.9 Å². The van der Waals surface area contributed by atoms with E-state index in [1.54, 1.807) is 12.1 Å². The standard InChI is InChI=1S/C28H30N2O4/c1-3-29-27(31)25-13-12-23(34-25)17-33-22-11-10-19-14-15-30(28(32)21-8-9-21)26(24(19)16-22)20-6-4-18(2)5-7-20/h4-7,10-13,16,21,26H,3,8-9,14-15,17H2,1-2H3,(H,29,31). The van der Waals surface area contributed by atoms with E-state index in [-0.39, 0.29) is 36.1 Å². The predicted molar refractivity (Wildman–Crippen MR) is 129 cm³/mol. The van der Waals surface area contributed by atoms with Crippen molar-refractivity contribution in [1.29, 1.82) is 0 Å². The molecule has 6 nitrogen and oxygen atoms in total. The van der Waals surface area contributed by atoms with E-state index in [0.29, 0.717) is 18.1 Å². The lowest BCUT2D eigenvalue weighted by Gasteiger charge is -2.38. The first-order valence-electron chi connectivity index (χ1n) is 12.0. The van der Waals surface area contributed by atoms with Crippen LogP contribution in [0.2, 0.25) is 0 Å². The van der Waals surface area contributed by atoms with Gasteiger partial charge < -0.3 is 19.4 Å². The number of hydrogen-bond donors (Lipinski definition) is 1. The average Bonchev–Trinajstić information content (AvgIpc) is 3.59. The number of carbonyl (C=O) groups is 2. The van der Waals surface area contributed by atoms with E-state index in [2.05, 4.69) is 53.5 Å². The minimum Gasteiger partial charge on any atom is -0.486 e. The molecule has 1 unspecified atom stereocenters. The Balaban J connectivity index is 1.40. The number of ether oxygens (including phenoxy) is 1. The van der Waals surface area contributed by atoms with Gasteiger partial charge in [0.15, 0.2) is 5.76 Å². The highest BCUT2D eigenvalue weighted by molar-refractivity contribution is 5.91. The molecule has 6 heteroatoms. The fraction of sp³-hybridized carbons (Fsp3) is 0.357. The molecule has 1 fully saturated rings. The Morgan fingerprint density at radius 3 is 2.62 bits per heavy atom. The van der Waals surface area contributed by atoms with Crippen LogP contribution < -0.4 is 10.1 Å². The van der Waals surface area contributed by atoms with Gasteiger partial charge in [-0.25, -0.2) is 0 Å². The molecule has 2 heterocycles. The highest BCUT2D eigenvalue weighted by atomic mass is 16.5. The summed E-state index contributed by atoms with van der Waals surface area (Å²) in [4.78, 5) is 27.2. The van der Waals surface area contributed by atoms with Gasteiger partial charge in [0.25, 0.3) is 5.91 Å². The monoisotopic (exact) mass is 458 g/mol. The highest BCUT2D eigenvalue weighted by Gasteiger charge is 2.39. The van der Waals surface area contributed by atoms with Crippen LogP contribution in [0.1, 0.15) is 64.4 Å². The van der Waals surface area contributed by atoms with Crippen LogP contribution in [0.4, 0.5) is 0 Å². The molecule has 3 aromatic rings.